The van der Waals surface area contributed by atoms with Crippen LogP contribution in [0.25, 0.3) is 0 Å². The fourth-order valence-electron chi connectivity index (χ4n) is 0.435. The number of rotatable bonds is 2. The summed E-state index contributed by atoms with van der Waals surface area (Å²) in [7, 11) is 0. The van der Waals surface area contributed by atoms with Crippen molar-refractivity contribution in [3.63, 3.8) is 0 Å². The zero-order valence-electron chi connectivity index (χ0n) is 7.27. The first-order valence-corrected chi connectivity index (χ1v) is 5.08. The van der Waals surface area contributed by atoms with E-state index in [1.165, 1.54) is 11.8 Å². The fourth-order valence-corrected chi connectivity index (χ4v) is 1.28. The molecule has 4 nitrogen and oxygen atoms in total. The third-order valence-electron chi connectivity index (χ3n) is 1.19. The van der Waals surface area contributed by atoms with Crippen molar-refractivity contribution in [1.82, 2.24) is 0 Å². The summed E-state index contributed by atoms with van der Waals surface area (Å²) in [5, 5.41) is 8.79. The summed E-state index contributed by atoms with van der Waals surface area (Å²) >= 11 is 5.98. The zero-order chi connectivity index (χ0) is 10.3. The Morgan fingerprint density at radius 3 is 2.62 bits per heavy atom. The second-order valence-corrected chi connectivity index (χ2v) is 3.72. The number of aliphatic hydroxyl groups excluding tert-OH is 1. The van der Waals surface area contributed by atoms with Crippen molar-refractivity contribution in [2.45, 2.75) is 18.6 Å². The monoisotopic (exact) mass is 220 g/mol. The minimum absolute atomic E-state index is 0.0463. The molecule has 0 aromatic carbocycles. The topological polar surface area (TPSA) is 75.7 Å². The van der Waals surface area contributed by atoms with Crippen molar-refractivity contribution in [2.75, 3.05) is 6.54 Å². The minimum atomic E-state index is -0.245. The number of thioether (sulfide) groups is 1. The molecular weight excluding hydrogens is 208 g/mol. The molecule has 0 fully saturated rings. The second kappa shape index (κ2) is 6.85. The van der Waals surface area contributed by atoms with Crippen molar-refractivity contribution in [3.8, 4) is 0 Å². The van der Waals surface area contributed by atoms with E-state index in [0.29, 0.717) is 13.0 Å². The number of nitrogens with two attached hydrogens (primary N) is 1. The van der Waals surface area contributed by atoms with E-state index in [9.17, 15) is 4.79 Å². The van der Waals surface area contributed by atoms with Crippen LogP contribution in [0.3, 0.4) is 0 Å². The molecule has 0 bridgehead atoms. The molecule has 1 aliphatic heterocycles. The van der Waals surface area contributed by atoms with Gasteiger partial charge in [-0.05, 0) is 12.2 Å². The molecular formula is C7H12N2O2S2. The van der Waals surface area contributed by atoms with Crippen LogP contribution >= 0.6 is 24.0 Å². The van der Waals surface area contributed by atoms with Gasteiger partial charge in [0.05, 0.1) is 17.3 Å². The number of aliphatic hydroxyl groups is 1. The van der Waals surface area contributed by atoms with Gasteiger partial charge in [-0.1, -0.05) is 6.92 Å². The molecule has 0 saturated heterocycles. The van der Waals surface area contributed by atoms with Gasteiger partial charge in [-0.15, -0.1) is 11.8 Å². The molecule has 1 amide bonds. The van der Waals surface area contributed by atoms with Crippen molar-refractivity contribution in [3.05, 3.63) is 0 Å². The average molecular weight is 220 g/mol. The van der Waals surface area contributed by atoms with Crippen molar-refractivity contribution in [2.24, 2.45) is 10.7 Å². The summed E-state index contributed by atoms with van der Waals surface area (Å²) in [6.45, 7) is 2.36. The van der Waals surface area contributed by atoms with E-state index in [-0.39, 0.29) is 16.2 Å². The lowest BCUT2D eigenvalue weighted by Gasteiger charge is -1.99. The number of aliphatic imine (C=N–C) groups is 1. The first-order chi connectivity index (χ1) is 6.07. The maximum atomic E-state index is 9.59. The van der Waals surface area contributed by atoms with Gasteiger partial charge in [-0.25, -0.2) is 0 Å². The molecule has 1 atom stereocenters. The predicted octanol–water partition coefficient (Wildman–Crippen LogP) is 0.897. The van der Waals surface area contributed by atoms with E-state index in [1.807, 2.05) is 0 Å². The van der Waals surface area contributed by atoms with Crippen LogP contribution in [0, 0.1) is 0 Å². The summed E-state index contributed by atoms with van der Waals surface area (Å²) in [5.41, 5.74) is 6.37. The van der Waals surface area contributed by atoms with Gasteiger partial charge in [-0.2, -0.15) is 0 Å². The van der Waals surface area contributed by atoms with Crippen LogP contribution in [-0.4, -0.2) is 33.4 Å². The van der Waals surface area contributed by atoms with E-state index in [2.05, 4.69) is 22.9 Å². The Labute approximate surface area is 86.6 Å². The summed E-state index contributed by atoms with van der Waals surface area (Å²) in [6.07, 6.45) is 0.444. The van der Waals surface area contributed by atoms with E-state index in [4.69, 9.17) is 5.11 Å². The quantitative estimate of drug-likeness (QED) is 0.678. The van der Waals surface area contributed by atoms with E-state index in [0.717, 1.165) is 0 Å². The summed E-state index contributed by atoms with van der Waals surface area (Å²) in [5.74, 6) is -0.245. The fraction of sp³-hybridized carbons (Fsp3) is 0.571. The van der Waals surface area contributed by atoms with Crippen LogP contribution in [0.1, 0.15) is 13.3 Å². The third-order valence-corrected chi connectivity index (χ3v) is 2.60. The van der Waals surface area contributed by atoms with Gasteiger partial charge in [-0.3, -0.25) is 9.79 Å². The number of carbonyl (C=O) groups excluding carboxylic acids is 1. The molecule has 0 aliphatic carbocycles. The molecule has 0 aromatic rings. The normalized spacial score (nSPS) is 19.0. The Morgan fingerprint density at radius 2 is 2.46 bits per heavy atom. The SMILES string of the molecule is CCC(N)=O.OC(=S)C1CN=CS1. The number of thiocarbonyl (C=S) groups is 1. The number of hydrogen-bond donors (Lipinski definition) is 2. The number of hydrogen-bond acceptors (Lipinski definition) is 4. The highest BCUT2D eigenvalue weighted by atomic mass is 32.2. The smallest absolute Gasteiger partial charge is 0.217 e. The molecule has 0 saturated carbocycles. The Kier molecular flexibility index (Phi) is 6.52. The van der Waals surface area contributed by atoms with Gasteiger partial charge < -0.3 is 10.8 Å². The van der Waals surface area contributed by atoms with Crippen molar-refractivity contribution < 1.29 is 9.90 Å². The van der Waals surface area contributed by atoms with Crippen LogP contribution in [-0.2, 0) is 4.79 Å². The number of carbonyl (C=O) groups is 1. The summed E-state index contributed by atoms with van der Waals surface area (Å²) in [4.78, 5) is 13.5. The van der Waals surface area contributed by atoms with Gasteiger partial charge in [0.2, 0.25) is 5.91 Å². The lowest BCUT2D eigenvalue weighted by Crippen LogP contribution is -2.13. The molecule has 1 unspecified atom stereocenters. The Morgan fingerprint density at radius 1 is 1.92 bits per heavy atom. The van der Waals surface area contributed by atoms with Gasteiger partial charge in [0.1, 0.15) is 0 Å². The standard InChI is InChI=1S/C4H5NOS2.C3H7NO/c6-4(7)3-1-5-2-8-3;1-2-3(4)5/h2-3H,1H2,(H,6,7);2H2,1H3,(H2,4,5). The molecule has 0 aromatic heterocycles. The second-order valence-electron chi connectivity index (χ2n) is 2.25. The van der Waals surface area contributed by atoms with Gasteiger partial charge in [0.25, 0.3) is 0 Å². The van der Waals surface area contributed by atoms with Crippen molar-refractivity contribution >= 4 is 40.5 Å². The lowest BCUT2D eigenvalue weighted by molar-refractivity contribution is -0.117. The van der Waals surface area contributed by atoms with Gasteiger partial charge >= 0.3 is 0 Å². The van der Waals surface area contributed by atoms with Crippen LogP contribution in [0.15, 0.2) is 4.99 Å². The first-order valence-electron chi connectivity index (χ1n) is 3.72. The van der Waals surface area contributed by atoms with E-state index < -0.39 is 0 Å². The molecule has 1 rings (SSSR count). The van der Waals surface area contributed by atoms with Crippen LogP contribution in [0.5, 0.6) is 0 Å². The minimum Gasteiger partial charge on any atom is -0.501 e. The first kappa shape index (κ1) is 12.4. The largest absolute Gasteiger partial charge is 0.501 e. The molecule has 1 aliphatic rings. The maximum Gasteiger partial charge on any atom is 0.217 e. The summed E-state index contributed by atoms with van der Waals surface area (Å²) < 4.78 is 0. The predicted molar refractivity (Wildman–Crippen MR) is 59.5 cm³/mol. The number of primary amides is 1. The zero-order valence-corrected chi connectivity index (χ0v) is 8.90. The number of nitrogens with zero attached hydrogens (tertiary/aromatic N) is 1. The highest BCUT2D eigenvalue weighted by Crippen LogP contribution is 2.14. The Balaban J connectivity index is 0.000000252. The van der Waals surface area contributed by atoms with E-state index in [1.54, 1.807) is 12.5 Å². The Hall–Kier alpha value is -0.620. The number of amides is 1. The molecule has 6 heteroatoms. The van der Waals surface area contributed by atoms with Gasteiger partial charge in [0, 0.05) is 6.42 Å². The molecule has 74 valence electrons. The Bertz CT molecular complexity index is 211. The molecule has 13 heavy (non-hydrogen) atoms. The molecule has 0 radical (unpaired) electrons. The van der Waals surface area contributed by atoms with Crippen LogP contribution in [0.4, 0.5) is 0 Å². The van der Waals surface area contributed by atoms with Crippen molar-refractivity contribution in [1.29, 1.82) is 0 Å². The summed E-state index contributed by atoms with van der Waals surface area (Å²) in [6, 6.07) is 0. The highest BCUT2D eigenvalue weighted by molar-refractivity contribution is 8.14. The third kappa shape index (κ3) is 6.53. The lowest BCUT2D eigenvalue weighted by atomic mass is 10.4. The average Bonchev–Trinajstić information content (AvgIpc) is 2.57. The molecule has 0 spiro atoms. The van der Waals surface area contributed by atoms with E-state index >= 15 is 0 Å². The maximum absolute atomic E-state index is 9.59. The molecule has 3 N–H and O–H groups in total. The molecule has 1 heterocycles. The van der Waals surface area contributed by atoms with Crippen LogP contribution < -0.4 is 5.73 Å². The van der Waals surface area contributed by atoms with Crippen LogP contribution in [0.2, 0.25) is 0 Å². The highest BCUT2D eigenvalue weighted by Gasteiger charge is 2.15. The van der Waals surface area contributed by atoms with Gasteiger partial charge in [0.15, 0.2) is 5.05 Å².